The van der Waals surface area contributed by atoms with Crippen LogP contribution in [-0.2, 0) is 16.2 Å². The molecule has 0 atom stereocenters. The average molecular weight is 419 g/mol. The summed E-state index contributed by atoms with van der Waals surface area (Å²) in [5.41, 5.74) is 1.27. The van der Waals surface area contributed by atoms with Crippen LogP contribution in [0.25, 0.3) is 10.9 Å². The first kappa shape index (κ1) is 18.5. The molecule has 0 amide bonds. The third kappa shape index (κ3) is 4.59. The van der Waals surface area contributed by atoms with Crippen molar-refractivity contribution in [2.75, 3.05) is 13.7 Å². The van der Waals surface area contributed by atoms with Crippen LogP contribution in [0.15, 0.2) is 22.8 Å². The molecule has 1 heterocycles. The minimum atomic E-state index is -1.13. The number of hydrogen-bond donors (Lipinski definition) is 0. The van der Waals surface area contributed by atoms with Crippen molar-refractivity contribution in [3.8, 4) is 0 Å². The van der Waals surface area contributed by atoms with Crippen molar-refractivity contribution in [2.45, 2.75) is 32.4 Å². The van der Waals surface area contributed by atoms with Gasteiger partial charge in [0.1, 0.15) is 6.73 Å². The second kappa shape index (κ2) is 7.38. The van der Waals surface area contributed by atoms with Gasteiger partial charge in [0, 0.05) is 30.7 Å². The van der Waals surface area contributed by atoms with E-state index in [9.17, 15) is 4.79 Å². The van der Waals surface area contributed by atoms with E-state index in [0.717, 1.165) is 21.4 Å². The summed E-state index contributed by atoms with van der Waals surface area (Å²) in [6.07, 6.45) is 1.74. The Morgan fingerprint density at radius 2 is 2.04 bits per heavy atom. The van der Waals surface area contributed by atoms with Gasteiger partial charge in [0.2, 0.25) is 0 Å². The Morgan fingerprint density at radius 1 is 1.35 bits per heavy atom. The van der Waals surface area contributed by atoms with Gasteiger partial charge in [-0.05, 0) is 18.2 Å². The zero-order valence-corrected chi connectivity index (χ0v) is 17.1. The molecule has 0 saturated heterocycles. The molecule has 126 valence electrons. The molecule has 0 spiro atoms. The van der Waals surface area contributed by atoms with E-state index in [1.807, 2.05) is 16.7 Å². The SMILES string of the molecule is COC(=O)c1cn(COCC[Si](C)(C)C)c2c(Cl)cc(Br)cc12. The van der Waals surface area contributed by atoms with Crippen molar-refractivity contribution in [1.82, 2.24) is 4.57 Å². The van der Waals surface area contributed by atoms with Crippen molar-refractivity contribution < 1.29 is 14.3 Å². The minimum Gasteiger partial charge on any atom is -0.465 e. The van der Waals surface area contributed by atoms with Gasteiger partial charge in [0.25, 0.3) is 0 Å². The number of carbonyl (C=O) groups is 1. The summed E-state index contributed by atoms with van der Waals surface area (Å²) in [6, 6.07) is 4.77. The topological polar surface area (TPSA) is 40.5 Å². The van der Waals surface area contributed by atoms with Gasteiger partial charge < -0.3 is 14.0 Å². The van der Waals surface area contributed by atoms with Gasteiger partial charge in [-0.3, -0.25) is 0 Å². The van der Waals surface area contributed by atoms with Gasteiger partial charge in [-0.15, -0.1) is 0 Å². The van der Waals surface area contributed by atoms with Gasteiger partial charge in [-0.1, -0.05) is 47.2 Å². The number of esters is 1. The number of hydrogen-bond acceptors (Lipinski definition) is 3. The summed E-state index contributed by atoms with van der Waals surface area (Å²) in [7, 11) is 0.244. The minimum absolute atomic E-state index is 0.360. The van der Waals surface area contributed by atoms with E-state index in [1.54, 1.807) is 6.20 Å². The number of ether oxygens (including phenoxy) is 2. The van der Waals surface area contributed by atoms with Crippen LogP contribution < -0.4 is 0 Å². The van der Waals surface area contributed by atoms with E-state index in [0.29, 0.717) is 23.9 Å². The Hall–Kier alpha value is -0.823. The van der Waals surface area contributed by atoms with E-state index in [4.69, 9.17) is 21.1 Å². The highest BCUT2D eigenvalue weighted by atomic mass is 79.9. The molecule has 0 fully saturated rings. The Balaban J connectivity index is 2.31. The molecule has 1 aromatic carbocycles. The monoisotopic (exact) mass is 417 g/mol. The molecule has 1 aromatic heterocycles. The van der Waals surface area contributed by atoms with Crippen LogP contribution in [0.5, 0.6) is 0 Å². The molecular formula is C16H21BrClNO3Si. The second-order valence-electron chi connectivity index (χ2n) is 6.64. The van der Waals surface area contributed by atoms with Crippen molar-refractivity contribution in [3.63, 3.8) is 0 Å². The number of nitrogens with zero attached hydrogens (tertiary/aromatic N) is 1. The van der Waals surface area contributed by atoms with Gasteiger partial charge in [0.05, 0.1) is 23.2 Å². The number of benzene rings is 1. The molecule has 4 nitrogen and oxygen atoms in total. The third-order valence-corrected chi connectivity index (χ3v) is 5.97. The highest BCUT2D eigenvalue weighted by Crippen LogP contribution is 2.32. The maximum Gasteiger partial charge on any atom is 0.340 e. The average Bonchev–Trinajstić information content (AvgIpc) is 2.80. The van der Waals surface area contributed by atoms with Crippen molar-refractivity contribution in [1.29, 1.82) is 0 Å². The molecular weight excluding hydrogens is 398 g/mol. The maximum atomic E-state index is 12.0. The van der Waals surface area contributed by atoms with E-state index in [1.165, 1.54) is 7.11 Å². The lowest BCUT2D eigenvalue weighted by atomic mass is 10.2. The lowest BCUT2D eigenvalue weighted by Gasteiger charge is -2.16. The number of aromatic nitrogens is 1. The molecule has 0 radical (unpaired) electrons. The molecule has 0 saturated carbocycles. The Kier molecular flexibility index (Phi) is 5.94. The quantitative estimate of drug-likeness (QED) is 0.370. The van der Waals surface area contributed by atoms with E-state index >= 15 is 0 Å². The summed E-state index contributed by atoms with van der Waals surface area (Å²) in [5, 5.41) is 1.32. The maximum absolute atomic E-state index is 12.0. The molecule has 7 heteroatoms. The Bertz CT molecular complexity index is 724. The van der Waals surface area contributed by atoms with Crippen molar-refractivity contribution >= 4 is 52.5 Å². The first-order valence-electron chi connectivity index (χ1n) is 7.37. The van der Waals surface area contributed by atoms with Crippen LogP contribution in [0.1, 0.15) is 10.4 Å². The number of fused-ring (bicyclic) bond motifs is 1. The van der Waals surface area contributed by atoms with Crippen molar-refractivity contribution in [3.05, 3.63) is 33.4 Å². The number of methoxy groups -OCH3 is 1. The van der Waals surface area contributed by atoms with Crippen LogP contribution in [0, 0.1) is 0 Å². The lowest BCUT2D eigenvalue weighted by molar-refractivity contribution is 0.0601. The lowest BCUT2D eigenvalue weighted by Crippen LogP contribution is -2.22. The highest BCUT2D eigenvalue weighted by molar-refractivity contribution is 9.10. The van der Waals surface area contributed by atoms with Crippen LogP contribution in [-0.4, -0.2) is 32.3 Å². The fraction of sp³-hybridized carbons (Fsp3) is 0.438. The molecule has 0 unspecified atom stereocenters. The fourth-order valence-electron chi connectivity index (χ4n) is 2.27. The van der Waals surface area contributed by atoms with Gasteiger partial charge in [-0.25, -0.2) is 4.79 Å². The van der Waals surface area contributed by atoms with Crippen LogP contribution >= 0.6 is 27.5 Å². The van der Waals surface area contributed by atoms with Gasteiger partial charge in [-0.2, -0.15) is 0 Å². The molecule has 2 aromatic rings. The largest absolute Gasteiger partial charge is 0.465 e. The summed E-state index contributed by atoms with van der Waals surface area (Å²) >= 11 is 9.77. The van der Waals surface area contributed by atoms with E-state index < -0.39 is 8.07 Å². The smallest absolute Gasteiger partial charge is 0.340 e. The number of carbonyl (C=O) groups excluding carboxylic acids is 1. The van der Waals surface area contributed by atoms with Gasteiger partial charge >= 0.3 is 5.97 Å². The van der Waals surface area contributed by atoms with Crippen LogP contribution in [0.4, 0.5) is 0 Å². The summed E-state index contributed by atoms with van der Waals surface area (Å²) in [4.78, 5) is 12.0. The Morgan fingerprint density at radius 3 is 2.65 bits per heavy atom. The van der Waals surface area contributed by atoms with Gasteiger partial charge in [0.15, 0.2) is 0 Å². The van der Waals surface area contributed by atoms with Crippen molar-refractivity contribution in [2.24, 2.45) is 0 Å². The Labute approximate surface area is 150 Å². The molecule has 0 aliphatic heterocycles. The standard InChI is InChI=1S/C16H21BrClNO3Si/c1-21-16(20)13-9-19(10-22-5-6-23(2,3)4)15-12(13)7-11(17)8-14(15)18/h7-9H,5-6,10H2,1-4H3. The molecule has 0 N–H and O–H groups in total. The predicted molar refractivity (Wildman–Crippen MR) is 100 cm³/mol. The predicted octanol–water partition coefficient (Wildman–Crippen LogP) is 5.16. The normalized spacial score (nSPS) is 11.9. The second-order valence-corrected chi connectivity index (χ2v) is 13.6. The highest BCUT2D eigenvalue weighted by Gasteiger charge is 2.19. The van der Waals surface area contributed by atoms with E-state index in [-0.39, 0.29) is 5.97 Å². The number of halogens is 2. The fourth-order valence-corrected chi connectivity index (χ4v) is 3.94. The first-order chi connectivity index (χ1) is 10.7. The molecule has 0 aliphatic carbocycles. The molecule has 0 bridgehead atoms. The van der Waals surface area contributed by atoms with E-state index in [2.05, 4.69) is 35.6 Å². The molecule has 2 rings (SSSR count). The molecule has 23 heavy (non-hydrogen) atoms. The van der Waals surface area contributed by atoms with Crippen LogP contribution in [0.3, 0.4) is 0 Å². The summed E-state index contributed by atoms with van der Waals surface area (Å²) in [5.74, 6) is -0.384. The summed E-state index contributed by atoms with van der Waals surface area (Å²) < 4.78 is 13.3. The third-order valence-electron chi connectivity index (χ3n) is 3.52. The zero-order valence-electron chi connectivity index (χ0n) is 13.8. The first-order valence-corrected chi connectivity index (χ1v) is 12.2. The summed E-state index contributed by atoms with van der Waals surface area (Å²) in [6.45, 7) is 8.00. The zero-order chi connectivity index (χ0) is 17.2. The van der Waals surface area contributed by atoms with Crippen LogP contribution in [0.2, 0.25) is 30.7 Å². The molecule has 0 aliphatic rings. The number of rotatable bonds is 6.